The summed E-state index contributed by atoms with van der Waals surface area (Å²) in [5, 5.41) is 4.02. The maximum atomic E-state index is 13.1. The molecule has 4 aromatic rings. The van der Waals surface area contributed by atoms with Crippen molar-refractivity contribution in [3.05, 3.63) is 95.9 Å². The number of piperidine rings is 2. The predicted molar refractivity (Wildman–Crippen MR) is 159 cm³/mol. The third kappa shape index (κ3) is 7.25. The Morgan fingerprint density at radius 2 is 1.63 bits per heavy atom. The van der Waals surface area contributed by atoms with E-state index in [0.29, 0.717) is 24.4 Å². The van der Waals surface area contributed by atoms with Crippen molar-refractivity contribution in [1.29, 1.82) is 0 Å². The molecule has 43 heavy (non-hydrogen) atoms. The molecule has 2 fully saturated rings. The molecule has 0 aliphatic carbocycles. The SMILES string of the molecule is O=C(NC1CCN(Cc2ccncc2)CC1)c1cnc2ccc(OC3CCN(c4ccc(C(F)(F)F)cc4)CC3)cc2c1. The average Bonchev–Trinajstić information content (AvgIpc) is 3.02. The van der Waals surface area contributed by atoms with Crippen LogP contribution in [0.5, 0.6) is 5.75 Å². The predicted octanol–water partition coefficient (Wildman–Crippen LogP) is 6.09. The molecule has 0 atom stereocenters. The first kappa shape index (κ1) is 28.9. The molecule has 2 saturated heterocycles. The van der Waals surface area contributed by atoms with Gasteiger partial charge in [-0.05, 0) is 79.1 Å². The Labute approximate surface area is 248 Å². The van der Waals surface area contributed by atoms with Gasteiger partial charge in [-0.1, -0.05) is 0 Å². The Balaban J connectivity index is 1.01. The van der Waals surface area contributed by atoms with Crippen LogP contribution < -0.4 is 15.0 Å². The highest BCUT2D eigenvalue weighted by atomic mass is 19.4. The maximum Gasteiger partial charge on any atom is 0.416 e. The number of benzene rings is 2. The normalized spacial score (nSPS) is 17.2. The monoisotopic (exact) mass is 589 g/mol. The molecule has 1 N–H and O–H groups in total. The fourth-order valence-corrected chi connectivity index (χ4v) is 5.84. The standard InChI is InChI=1S/C33H34F3N5O2/c34-33(35,36)26-1-3-28(4-2-26)41-17-11-29(12-18-41)43-30-5-6-31-24(20-30)19-25(21-38-31)32(42)39-27-9-15-40(16-10-27)22-23-7-13-37-14-8-23/h1-8,13-14,19-21,27,29H,9-12,15-18,22H2,(H,39,42). The van der Waals surface area contributed by atoms with Crippen LogP contribution in [-0.4, -0.2) is 59.1 Å². The minimum absolute atomic E-state index is 0.00739. The zero-order valence-corrected chi connectivity index (χ0v) is 23.8. The van der Waals surface area contributed by atoms with Gasteiger partial charge in [0.25, 0.3) is 5.91 Å². The van der Waals surface area contributed by atoms with E-state index in [4.69, 9.17) is 4.74 Å². The highest BCUT2D eigenvalue weighted by Crippen LogP contribution is 2.32. The second kappa shape index (κ2) is 12.6. The van der Waals surface area contributed by atoms with Crippen molar-refractivity contribution in [3.63, 3.8) is 0 Å². The van der Waals surface area contributed by atoms with Crippen LogP contribution in [-0.2, 0) is 12.7 Å². The van der Waals surface area contributed by atoms with E-state index >= 15 is 0 Å². The third-order valence-electron chi connectivity index (χ3n) is 8.30. The lowest BCUT2D eigenvalue weighted by atomic mass is 10.0. The number of amides is 1. The summed E-state index contributed by atoms with van der Waals surface area (Å²) in [6.07, 6.45) is 4.20. The Hall–Kier alpha value is -4.18. The summed E-state index contributed by atoms with van der Waals surface area (Å²) in [5.41, 5.74) is 2.69. The molecular formula is C33H34F3N5O2. The van der Waals surface area contributed by atoms with E-state index in [9.17, 15) is 18.0 Å². The molecule has 0 saturated carbocycles. The minimum Gasteiger partial charge on any atom is -0.490 e. The molecule has 10 heteroatoms. The Morgan fingerprint density at radius 1 is 0.907 bits per heavy atom. The van der Waals surface area contributed by atoms with Gasteiger partial charge in [0.1, 0.15) is 11.9 Å². The van der Waals surface area contributed by atoms with Gasteiger partial charge in [-0.3, -0.25) is 19.7 Å². The van der Waals surface area contributed by atoms with Gasteiger partial charge in [0.2, 0.25) is 0 Å². The molecule has 2 aromatic carbocycles. The van der Waals surface area contributed by atoms with Crippen LogP contribution in [0.1, 0.15) is 47.2 Å². The number of pyridine rings is 2. The number of aromatic nitrogens is 2. The van der Waals surface area contributed by atoms with Crippen LogP contribution in [0.4, 0.5) is 18.9 Å². The van der Waals surface area contributed by atoms with Crippen LogP contribution in [0.15, 0.2) is 79.3 Å². The third-order valence-corrected chi connectivity index (χ3v) is 8.30. The number of hydrogen-bond acceptors (Lipinski definition) is 6. The smallest absolute Gasteiger partial charge is 0.416 e. The number of rotatable bonds is 7. The van der Waals surface area contributed by atoms with Crippen LogP contribution >= 0.6 is 0 Å². The molecule has 0 spiro atoms. The number of anilines is 1. The number of nitrogens with one attached hydrogen (secondary N) is 1. The van der Waals surface area contributed by atoms with E-state index in [1.54, 1.807) is 6.20 Å². The number of halogens is 3. The summed E-state index contributed by atoms with van der Waals surface area (Å²) in [5.74, 6) is 0.588. The molecular weight excluding hydrogens is 555 g/mol. The molecule has 2 aliphatic heterocycles. The van der Waals surface area contributed by atoms with Gasteiger partial charge in [-0.15, -0.1) is 0 Å². The first-order valence-corrected chi connectivity index (χ1v) is 14.7. The summed E-state index contributed by atoms with van der Waals surface area (Å²) in [6, 6.07) is 17.1. The Morgan fingerprint density at radius 3 is 2.33 bits per heavy atom. The topological polar surface area (TPSA) is 70.6 Å². The maximum absolute atomic E-state index is 13.1. The van der Waals surface area contributed by atoms with Crippen LogP contribution in [0.3, 0.4) is 0 Å². The van der Waals surface area contributed by atoms with Gasteiger partial charge in [-0.2, -0.15) is 13.2 Å². The summed E-state index contributed by atoms with van der Waals surface area (Å²) in [7, 11) is 0. The Kier molecular flexibility index (Phi) is 8.47. The van der Waals surface area contributed by atoms with Crippen LogP contribution in [0.25, 0.3) is 10.9 Å². The second-order valence-corrected chi connectivity index (χ2v) is 11.3. The largest absolute Gasteiger partial charge is 0.490 e. The molecule has 1 amide bonds. The van der Waals surface area contributed by atoms with Crippen molar-refractivity contribution in [1.82, 2.24) is 20.2 Å². The highest BCUT2D eigenvalue weighted by Gasteiger charge is 2.30. The van der Waals surface area contributed by atoms with E-state index < -0.39 is 11.7 Å². The van der Waals surface area contributed by atoms with Gasteiger partial charge in [-0.25, -0.2) is 0 Å². The molecule has 0 radical (unpaired) electrons. The van der Waals surface area contributed by atoms with Gasteiger partial charge in [0.05, 0.1) is 16.6 Å². The van der Waals surface area contributed by atoms with Crippen LogP contribution in [0.2, 0.25) is 0 Å². The lowest BCUT2D eigenvalue weighted by molar-refractivity contribution is -0.137. The Bertz CT molecular complexity index is 1530. The number of nitrogens with zero attached hydrogens (tertiary/aromatic N) is 4. The minimum atomic E-state index is -4.33. The number of carbonyl (C=O) groups is 1. The van der Waals surface area contributed by atoms with E-state index in [0.717, 1.165) is 74.0 Å². The van der Waals surface area contributed by atoms with Crippen molar-refractivity contribution in [3.8, 4) is 5.75 Å². The van der Waals surface area contributed by atoms with E-state index in [1.165, 1.54) is 17.7 Å². The number of carbonyl (C=O) groups excluding carboxylic acids is 1. The lowest BCUT2D eigenvalue weighted by Gasteiger charge is -2.34. The quantitative estimate of drug-likeness (QED) is 0.281. The highest BCUT2D eigenvalue weighted by molar-refractivity contribution is 5.97. The van der Waals surface area contributed by atoms with Crippen molar-refractivity contribution >= 4 is 22.5 Å². The molecule has 6 rings (SSSR count). The molecule has 0 bridgehead atoms. The number of alkyl halides is 3. The van der Waals surface area contributed by atoms with Gasteiger partial charge < -0.3 is 15.0 Å². The average molecular weight is 590 g/mol. The lowest BCUT2D eigenvalue weighted by Crippen LogP contribution is -2.44. The first-order valence-electron chi connectivity index (χ1n) is 14.7. The van der Waals surface area contributed by atoms with Crippen molar-refractivity contribution < 1.29 is 22.7 Å². The van der Waals surface area contributed by atoms with Gasteiger partial charge in [0.15, 0.2) is 0 Å². The fraction of sp³-hybridized carbons (Fsp3) is 0.364. The summed E-state index contributed by atoms with van der Waals surface area (Å²) < 4.78 is 44.9. The van der Waals surface area contributed by atoms with Gasteiger partial charge in [0, 0.05) is 81.3 Å². The number of fused-ring (bicyclic) bond motifs is 1. The number of hydrogen-bond donors (Lipinski definition) is 1. The number of ether oxygens (including phenoxy) is 1. The van der Waals surface area contributed by atoms with Crippen molar-refractivity contribution in [2.45, 2.75) is 50.6 Å². The molecule has 0 unspecified atom stereocenters. The van der Waals surface area contributed by atoms with E-state index in [2.05, 4.69) is 25.1 Å². The zero-order chi connectivity index (χ0) is 29.8. The van der Waals surface area contributed by atoms with Gasteiger partial charge >= 0.3 is 6.18 Å². The van der Waals surface area contributed by atoms with Crippen molar-refractivity contribution in [2.75, 3.05) is 31.1 Å². The molecule has 224 valence electrons. The molecule has 2 aliphatic rings. The first-order chi connectivity index (χ1) is 20.8. The van der Waals surface area contributed by atoms with Crippen LogP contribution in [0, 0.1) is 0 Å². The zero-order valence-electron chi connectivity index (χ0n) is 23.8. The van der Waals surface area contributed by atoms with E-state index in [1.807, 2.05) is 48.8 Å². The second-order valence-electron chi connectivity index (χ2n) is 11.3. The number of likely N-dealkylation sites (tertiary alicyclic amines) is 1. The molecule has 2 aromatic heterocycles. The van der Waals surface area contributed by atoms with Crippen molar-refractivity contribution in [2.24, 2.45) is 0 Å². The fourth-order valence-electron chi connectivity index (χ4n) is 5.84. The summed E-state index contributed by atoms with van der Waals surface area (Å²) >= 11 is 0. The molecule has 4 heterocycles. The molecule has 7 nitrogen and oxygen atoms in total. The summed E-state index contributed by atoms with van der Waals surface area (Å²) in [6.45, 7) is 4.12. The van der Waals surface area contributed by atoms with E-state index in [-0.39, 0.29) is 18.1 Å². The summed E-state index contributed by atoms with van der Waals surface area (Å²) in [4.78, 5) is 26.1.